The molecule has 0 spiro atoms. The van der Waals surface area contributed by atoms with Crippen LogP contribution in [0.5, 0.6) is 0 Å². The number of para-hydroxylation sites is 1. The van der Waals surface area contributed by atoms with Gasteiger partial charge in [-0.25, -0.2) is 0 Å². The molecule has 20 heavy (non-hydrogen) atoms. The Morgan fingerprint density at radius 2 is 1.90 bits per heavy atom. The first-order valence-electron chi connectivity index (χ1n) is 7.58. The Bertz CT molecular complexity index is 566. The van der Waals surface area contributed by atoms with Crippen molar-refractivity contribution in [2.75, 3.05) is 18.4 Å². The van der Waals surface area contributed by atoms with Gasteiger partial charge in [0.1, 0.15) is 0 Å². The maximum atomic E-state index is 4.52. The van der Waals surface area contributed by atoms with Crippen LogP contribution in [0.25, 0.3) is 10.9 Å². The summed E-state index contributed by atoms with van der Waals surface area (Å²) >= 11 is 0. The molecule has 2 aromatic rings. The third-order valence-electron chi connectivity index (χ3n) is 4.25. The van der Waals surface area contributed by atoms with Gasteiger partial charge in [0.15, 0.2) is 0 Å². The quantitative estimate of drug-likeness (QED) is 0.924. The second kappa shape index (κ2) is 5.80. The van der Waals surface area contributed by atoms with E-state index in [1.54, 1.807) is 0 Å². The van der Waals surface area contributed by atoms with E-state index in [9.17, 15) is 0 Å². The molecule has 3 heteroatoms. The zero-order valence-corrected chi connectivity index (χ0v) is 12.3. The highest BCUT2D eigenvalue weighted by atomic mass is 15.2. The van der Waals surface area contributed by atoms with Gasteiger partial charge < -0.3 is 10.2 Å². The zero-order chi connectivity index (χ0) is 13.9. The van der Waals surface area contributed by atoms with Crippen LogP contribution in [0.1, 0.15) is 26.7 Å². The Morgan fingerprint density at radius 3 is 2.65 bits per heavy atom. The van der Waals surface area contributed by atoms with Crippen molar-refractivity contribution in [1.29, 1.82) is 0 Å². The number of nitrogens with zero attached hydrogens (tertiary/aromatic N) is 2. The van der Waals surface area contributed by atoms with E-state index in [1.807, 2.05) is 12.3 Å². The monoisotopic (exact) mass is 269 g/mol. The summed E-state index contributed by atoms with van der Waals surface area (Å²) in [6, 6.07) is 11.7. The lowest BCUT2D eigenvalue weighted by Gasteiger charge is -2.35. The predicted molar refractivity (Wildman–Crippen MR) is 85.1 cm³/mol. The van der Waals surface area contributed by atoms with Crippen molar-refractivity contribution in [3.05, 3.63) is 36.5 Å². The van der Waals surface area contributed by atoms with Gasteiger partial charge in [0.05, 0.1) is 11.2 Å². The van der Waals surface area contributed by atoms with Crippen molar-refractivity contribution in [3.8, 4) is 0 Å². The number of pyridine rings is 1. The number of hydrogen-bond acceptors (Lipinski definition) is 3. The number of likely N-dealkylation sites (tertiary alicyclic amines) is 1. The molecule has 1 saturated heterocycles. The summed E-state index contributed by atoms with van der Waals surface area (Å²) in [4.78, 5) is 7.07. The summed E-state index contributed by atoms with van der Waals surface area (Å²) in [7, 11) is 0. The molecule has 0 unspecified atom stereocenters. The molecular formula is C17H23N3. The molecule has 1 N–H and O–H groups in total. The van der Waals surface area contributed by atoms with Gasteiger partial charge in [-0.15, -0.1) is 0 Å². The minimum atomic E-state index is 0.567. The lowest BCUT2D eigenvalue weighted by atomic mass is 10.0. The van der Waals surface area contributed by atoms with E-state index in [-0.39, 0.29) is 0 Å². The van der Waals surface area contributed by atoms with Crippen LogP contribution in [0.4, 0.5) is 5.69 Å². The molecule has 0 radical (unpaired) electrons. The molecular weight excluding hydrogens is 246 g/mol. The highest BCUT2D eigenvalue weighted by Gasteiger charge is 2.21. The Balaban J connectivity index is 1.72. The number of piperidine rings is 1. The molecule has 0 saturated carbocycles. The van der Waals surface area contributed by atoms with Crippen LogP contribution in [0, 0.1) is 0 Å². The van der Waals surface area contributed by atoms with Crippen molar-refractivity contribution in [1.82, 2.24) is 9.88 Å². The summed E-state index contributed by atoms with van der Waals surface area (Å²) < 4.78 is 0. The fraction of sp³-hybridized carbons (Fsp3) is 0.471. The third-order valence-corrected chi connectivity index (χ3v) is 4.25. The van der Waals surface area contributed by atoms with Crippen LogP contribution in [0.15, 0.2) is 36.5 Å². The molecule has 1 aliphatic rings. The molecule has 1 aromatic carbocycles. The van der Waals surface area contributed by atoms with Gasteiger partial charge in [0.2, 0.25) is 0 Å². The number of anilines is 1. The van der Waals surface area contributed by atoms with Crippen LogP contribution in [-0.2, 0) is 0 Å². The summed E-state index contributed by atoms with van der Waals surface area (Å²) in [5.41, 5.74) is 2.26. The maximum absolute atomic E-state index is 4.52. The fourth-order valence-electron chi connectivity index (χ4n) is 3.00. The first-order chi connectivity index (χ1) is 9.74. The van der Waals surface area contributed by atoms with Gasteiger partial charge in [0.25, 0.3) is 0 Å². The Hall–Kier alpha value is -1.61. The number of nitrogens with one attached hydrogen (secondary N) is 1. The van der Waals surface area contributed by atoms with E-state index >= 15 is 0 Å². The van der Waals surface area contributed by atoms with Crippen molar-refractivity contribution in [3.63, 3.8) is 0 Å². The van der Waals surface area contributed by atoms with E-state index in [1.165, 1.54) is 37.0 Å². The van der Waals surface area contributed by atoms with Crippen molar-refractivity contribution < 1.29 is 0 Å². The van der Waals surface area contributed by atoms with Crippen LogP contribution < -0.4 is 5.32 Å². The molecule has 1 aliphatic heterocycles. The molecule has 2 heterocycles. The SMILES string of the molecule is CC(C)N1CCC(Nc2cccc3cccnc23)CC1. The first kappa shape index (κ1) is 13.4. The largest absolute Gasteiger partial charge is 0.380 e. The molecule has 0 bridgehead atoms. The van der Waals surface area contributed by atoms with E-state index < -0.39 is 0 Å². The smallest absolute Gasteiger partial charge is 0.0933 e. The predicted octanol–water partition coefficient (Wildman–Crippen LogP) is 3.52. The van der Waals surface area contributed by atoms with E-state index in [0.717, 1.165) is 5.52 Å². The van der Waals surface area contributed by atoms with Gasteiger partial charge in [-0.1, -0.05) is 18.2 Å². The topological polar surface area (TPSA) is 28.2 Å². The Morgan fingerprint density at radius 1 is 1.15 bits per heavy atom. The van der Waals surface area contributed by atoms with Crippen molar-refractivity contribution in [2.24, 2.45) is 0 Å². The second-order valence-electron chi connectivity index (χ2n) is 5.93. The van der Waals surface area contributed by atoms with Crippen LogP contribution in [0.2, 0.25) is 0 Å². The summed E-state index contributed by atoms with van der Waals surface area (Å²) in [6.07, 6.45) is 4.29. The van der Waals surface area contributed by atoms with E-state index in [2.05, 4.69) is 53.3 Å². The van der Waals surface area contributed by atoms with Crippen LogP contribution >= 0.6 is 0 Å². The van der Waals surface area contributed by atoms with Crippen molar-refractivity contribution in [2.45, 2.75) is 38.8 Å². The standard InChI is InChI=1S/C17H23N3/c1-13(2)20-11-8-15(9-12-20)19-16-7-3-5-14-6-4-10-18-17(14)16/h3-7,10,13,15,19H,8-9,11-12H2,1-2H3. The van der Waals surface area contributed by atoms with Gasteiger partial charge >= 0.3 is 0 Å². The molecule has 0 aliphatic carbocycles. The minimum absolute atomic E-state index is 0.567. The lowest BCUT2D eigenvalue weighted by molar-refractivity contribution is 0.177. The van der Waals surface area contributed by atoms with Gasteiger partial charge in [-0.05, 0) is 38.8 Å². The zero-order valence-electron chi connectivity index (χ0n) is 12.3. The van der Waals surface area contributed by atoms with Crippen molar-refractivity contribution >= 4 is 16.6 Å². The van der Waals surface area contributed by atoms with E-state index in [0.29, 0.717) is 12.1 Å². The number of aromatic nitrogens is 1. The lowest BCUT2D eigenvalue weighted by Crippen LogP contribution is -2.42. The summed E-state index contributed by atoms with van der Waals surface area (Å²) in [5, 5.41) is 4.90. The average molecular weight is 269 g/mol. The summed E-state index contributed by atoms with van der Waals surface area (Å²) in [5.74, 6) is 0. The minimum Gasteiger partial charge on any atom is -0.380 e. The number of benzene rings is 1. The number of fused-ring (bicyclic) bond motifs is 1. The van der Waals surface area contributed by atoms with E-state index in [4.69, 9.17) is 0 Å². The third kappa shape index (κ3) is 2.78. The number of rotatable bonds is 3. The molecule has 1 fully saturated rings. The van der Waals surface area contributed by atoms with Crippen LogP contribution in [0.3, 0.4) is 0 Å². The molecule has 0 atom stereocenters. The van der Waals surface area contributed by atoms with Crippen LogP contribution in [-0.4, -0.2) is 35.1 Å². The average Bonchev–Trinajstić information content (AvgIpc) is 2.48. The normalized spacial score (nSPS) is 17.8. The Labute approximate surface area is 121 Å². The molecule has 0 amide bonds. The van der Waals surface area contributed by atoms with Gasteiger partial charge in [-0.3, -0.25) is 4.98 Å². The Kier molecular flexibility index (Phi) is 3.88. The second-order valence-corrected chi connectivity index (χ2v) is 5.93. The molecule has 3 nitrogen and oxygen atoms in total. The fourth-order valence-corrected chi connectivity index (χ4v) is 3.00. The highest BCUT2D eigenvalue weighted by Crippen LogP contribution is 2.24. The van der Waals surface area contributed by atoms with Gasteiger partial charge in [0, 0.05) is 36.8 Å². The summed E-state index contributed by atoms with van der Waals surface area (Å²) in [6.45, 7) is 6.94. The molecule has 3 rings (SSSR count). The molecule has 106 valence electrons. The van der Waals surface area contributed by atoms with Gasteiger partial charge in [-0.2, -0.15) is 0 Å². The number of hydrogen-bond donors (Lipinski definition) is 1. The highest BCUT2D eigenvalue weighted by molar-refractivity contribution is 5.90. The first-order valence-corrected chi connectivity index (χ1v) is 7.58. The maximum Gasteiger partial charge on any atom is 0.0933 e. The molecule has 1 aromatic heterocycles.